The lowest BCUT2D eigenvalue weighted by Crippen LogP contribution is -2.56. The van der Waals surface area contributed by atoms with E-state index in [2.05, 4.69) is 60.7 Å². The Kier molecular flexibility index (Phi) is 13.3. The first-order valence-electron chi connectivity index (χ1n) is 26.5. The van der Waals surface area contributed by atoms with Crippen LogP contribution in [0.5, 0.6) is 34.5 Å². The van der Waals surface area contributed by atoms with Crippen molar-refractivity contribution in [1.82, 2.24) is 64.3 Å². The Morgan fingerprint density at radius 1 is 0.775 bits per heavy atom. The second-order valence-electron chi connectivity index (χ2n) is 20.2. The highest BCUT2D eigenvalue weighted by molar-refractivity contribution is 5.92. The summed E-state index contributed by atoms with van der Waals surface area (Å²) in [5, 5.41) is 14.5. The number of hydrogen-bond donors (Lipinski definition) is 4. The molecule has 0 spiro atoms. The van der Waals surface area contributed by atoms with Gasteiger partial charge in [0.1, 0.15) is 71.7 Å². The molecule has 2 atom stereocenters. The fourth-order valence-corrected chi connectivity index (χ4v) is 10.3. The zero-order valence-electron chi connectivity index (χ0n) is 44.2. The van der Waals surface area contributed by atoms with Crippen LogP contribution in [0.3, 0.4) is 0 Å². The minimum atomic E-state index is -0.180. The molecule has 11 heterocycles. The summed E-state index contributed by atoms with van der Waals surface area (Å²) in [6.07, 6.45) is 11.6. The Balaban J connectivity index is 0.599. The number of aromatic nitrogens is 10. The van der Waals surface area contributed by atoms with Crippen LogP contribution in [0.25, 0.3) is 27.7 Å². The number of pyridine rings is 4. The van der Waals surface area contributed by atoms with Crippen molar-refractivity contribution < 1.29 is 23.7 Å². The maximum Gasteiger partial charge on any atom is 0.246 e. The van der Waals surface area contributed by atoms with E-state index in [-0.39, 0.29) is 18.0 Å². The molecule has 80 heavy (non-hydrogen) atoms. The fraction of sp³-hybridized carbons (Fsp3) is 0.286. The van der Waals surface area contributed by atoms with Crippen LogP contribution in [0.2, 0.25) is 0 Å². The number of aryl methyl sites for hydroxylation is 2. The number of nitrogens with one attached hydrogen (secondary N) is 3. The number of rotatable bonds is 14. The van der Waals surface area contributed by atoms with E-state index in [0.717, 1.165) is 53.7 Å². The molecular formula is C56H57N19O5. The SMILES string of the molecule is Cc1cc(Nc2ncnc3cc4c(nc23)N2CCNC(CO4)C2)ccc1Oc1ccn(N)c(=NCCN(C)C/C=C/C(=O)N2CCN3CC2COc2cc4ncnc(Nc5ccc(Oc6ccn7ncnc7c6)c(C)c5)c4nc23)c1. The van der Waals surface area contributed by atoms with Crippen LogP contribution in [0.1, 0.15) is 11.1 Å². The van der Waals surface area contributed by atoms with Crippen LogP contribution in [-0.4, -0.2) is 156 Å². The number of piperazine rings is 2. The van der Waals surface area contributed by atoms with E-state index in [1.807, 2.05) is 105 Å². The van der Waals surface area contributed by atoms with Gasteiger partial charge in [0, 0.05) is 106 Å². The smallest absolute Gasteiger partial charge is 0.246 e. The van der Waals surface area contributed by atoms with Crippen LogP contribution in [0.15, 0.2) is 121 Å². The van der Waals surface area contributed by atoms with Crippen molar-refractivity contribution in [1.29, 1.82) is 0 Å². The van der Waals surface area contributed by atoms with Gasteiger partial charge in [-0.2, -0.15) is 5.10 Å². The first-order chi connectivity index (χ1) is 39.1. The van der Waals surface area contributed by atoms with Crippen LogP contribution >= 0.6 is 0 Å². The fourth-order valence-electron chi connectivity index (χ4n) is 10.3. The van der Waals surface area contributed by atoms with E-state index < -0.39 is 0 Å². The second kappa shape index (κ2) is 21.3. The lowest BCUT2D eigenvalue weighted by Gasteiger charge is -2.39. The van der Waals surface area contributed by atoms with Gasteiger partial charge in [-0.25, -0.2) is 39.4 Å². The lowest BCUT2D eigenvalue weighted by atomic mass is 10.1. The molecule has 406 valence electrons. The number of likely N-dealkylation sites (N-methyl/N-ethyl adjacent to an activating group) is 1. The number of carbonyl (C=O) groups is 1. The summed E-state index contributed by atoms with van der Waals surface area (Å²) in [6.45, 7) is 10.8. The standard InChI is InChI=1S/C56H57N19O5/c1-34-21-36(66-53-51-42(60-31-63-53)25-46-55(68-51)71-18-13-58-38(27-71)29-77-46)6-8-44(34)79-40-10-15-74(57)48(23-40)59-12-17-70(3)14-4-5-50(76)73-20-19-72-28-39(73)30-78-47-26-43-52(69-56(47)72)54(64-32-61-43)67-37-7-9-45(35(2)22-37)80-41-11-16-75-49(24-41)62-33-65-75/h4-11,15-16,21-26,31-33,38-39,58H,12-14,17-20,27-30,57H2,1-3H3,(H,60,63,66)(H,61,64,67)/b5-4+,59-48?. The summed E-state index contributed by atoms with van der Waals surface area (Å²) >= 11 is 0. The molecule has 1 amide bonds. The molecule has 0 aliphatic carbocycles. The minimum Gasteiger partial charge on any atom is -0.488 e. The number of amides is 1. The molecule has 2 aromatic carbocycles. The quantitative estimate of drug-likeness (QED) is 0.0798. The molecule has 7 aromatic heterocycles. The van der Waals surface area contributed by atoms with Crippen LogP contribution in [0, 0.1) is 13.8 Å². The number of benzene rings is 2. The predicted molar refractivity (Wildman–Crippen MR) is 301 cm³/mol. The Morgan fingerprint density at radius 3 is 2.14 bits per heavy atom. The van der Waals surface area contributed by atoms with Crippen LogP contribution in [0.4, 0.5) is 34.6 Å². The monoisotopic (exact) mass is 1080 g/mol. The van der Waals surface area contributed by atoms with E-state index in [4.69, 9.17) is 39.8 Å². The van der Waals surface area contributed by atoms with E-state index in [1.54, 1.807) is 22.9 Å². The first-order valence-corrected chi connectivity index (χ1v) is 26.5. The van der Waals surface area contributed by atoms with Crippen molar-refractivity contribution in [2.45, 2.75) is 25.9 Å². The number of nitrogens with zero attached hydrogens (tertiary/aromatic N) is 15. The number of nitrogen functional groups attached to an aromatic ring is 1. The van der Waals surface area contributed by atoms with Gasteiger partial charge in [0.25, 0.3) is 0 Å². The van der Waals surface area contributed by atoms with E-state index in [1.165, 1.54) is 23.7 Å². The Morgan fingerprint density at radius 2 is 1.44 bits per heavy atom. The molecule has 24 nitrogen and oxygen atoms in total. The topological polar surface area (TPSA) is 254 Å². The number of ether oxygens (including phenoxy) is 4. The van der Waals surface area contributed by atoms with Crippen LogP contribution < -0.4 is 56.0 Å². The van der Waals surface area contributed by atoms with Crippen molar-refractivity contribution in [3.05, 3.63) is 133 Å². The Bertz CT molecular complexity index is 3940. The van der Waals surface area contributed by atoms with Gasteiger partial charge in [-0.05, 0) is 80.6 Å². The van der Waals surface area contributed by atoms with Gasteiger partial charge in [0.05, 0.1) is 29.7 Å². The van der Waals surface area contributed by atoms with Gasteiger partial charge in [-0.1, -0.05) is 6.08 Å². The highest BCUT2D eigenvalue weighted by Gasteiger charge is 2.35. The van der Waals surface area contributed by atoms with Crippen molar-refractivity contribution in [3.63, 3.8) is 0 Å². The molecule has 2 unspecified atom stereocenters. The van der Waals surface area contributed by atoms with Gasteiger partial charge >= 0.3 is 0 Å². The maximum absolute atomic E-state index is 13.7. The second-order valence-corrected chi connectivity index (χ2v) is 20.2. The highest BCUT2D eigenvalue weighted by atomic mass is 16.5. The van der Waals surface area contributed by atoms with Gasteiger partial charge in [-0.3, -0.25) is 14.5 Å². The molecule has 2 fully saturated rings. The third-order valence-electron chi connectivity index (χ3n) is 14.6. The minimum absolute atomic E-state index is 0.0674. The summed E-state index contributed by atoms with van der Waals surface area (Å²) in [6, 6.07) is 22.9. The van der Waals surface area contributed by atoms with E-state index in [9.17, 15) is 4.79 Å². The molecular weight excluding hydrogens is 1020 g/mol. The third kappa shape index (κ3) is 10.3. The van der Waals surface area contributed by atoms with Crippen molar-refractivity contribution in [2.24, 2.45) is 4.99 Å². The molecule has 4 aliphatic heterocycles. The number of hydrogen-bond acceptors (Lipinski definition) is 21. The van der Waals surface area contributed by atoms with E-state index in [0.29, 0.717) is 132 Å². The zero-order chi connectivity index (χ0) is 54.3. The van der Waals surface area contributed by atoms with Crippen molar-refractivity contribution in [3.8, 4) is 34.5 Å². The summed E-state index contributed by atoms with van der Waals surface area (Å²) in [7, 11) is 1.99. The Labute approximate surface area is 458 Å². The average molecular weight is 1080 g/mol. The summed E-state index contributed by atoms with van der Waals surface area (Å²) in [5.41, 5.74) is 7.34. The number of carbonyl (C=O) groups excluding carboxylic acids is 1. The molecule has 9 aromatic rings. The summed E-state index contributed by atoms with van der Waals surface area (Å²) in [4.78, 5) is 59.4. The van der Waals surface area contributed by atoms with Crippen molar-refractivity contribution in [2.75, 3.05) is 105 Å². The summed E-state index contributed by atoms with van der Waals surface area (Å²) in [5.74, 6) is 12.9. The normalized spacial score (nSPS) is 17.0. The molecule has 2 saturated heterocycles. The molecule has 13 rings (SSSR count). The molecule has 4 aliphatic rings. The van der Waals surface area contributed by atoms with Gasteiger partial charge in [0.2, 0.25) is 5.91 Å². The Hall–Kier alpha value is -9.68. The largest absolute Gasteiger partial charge is 0.488 e. The number of fused-ring (bicyclic) bond motifs is 11. The summed E-state index contributed by atoms with van der Waals surface area (Å²) < 4.78 is 28.2. The zero-order valence-corrected chi connectivity index (χ0v) is 44.2. The molecule has 24 heteroatoms. The molecule has 0 saturated carbocycles. The van der Waals surface area contributed by atoms with Gasteiger partial charge < -0.3 is 60.3 Å². The average Bonchev–Trinajstić information content (AvgIpc) is 3.85. The highest BCUT2D eigenvalue weighted by Crippen LogP contribution is 2.38. The van der Waals surface area contributed by atoms with Crippen LogP contribution in [-0.2, 0) is 4.79 Å². The lowest BCUT2D eigenvalue weighted by molar-refractivity contribution is -0.129. The maximum atomic E-state index is 13.7. The van der Waals surface area contributed by atoms with Gasteiger partial charge in [0.15, 0.2) is 40.4 Å². The predicted octanol–water partition coefficient (Wildman–Crippen LogP) is 5.28. The number of anilines is 6. The third-order valence-corrected chi connectivity index (χ3v) is 14.6. The molecule has 5 N–H and O–H groups in total. The van der Waals surface area contributed by atoms with Crippen molar-refractivity contribution >= 4 is 68.3 Å². The molecule has 0 radical (unpaired) electrons. The van der Waals surface area contributed by atoms with Gasteiger partial charge in [-0.15, -0.1) is 0 Å². The first kappa shape index (κ1) is 49.9. The van der Waals surface area contributed by atoms with E-state index >= 15 is 0 Å². The molecule has 4 bridgehead atoms. The number of nitrogens with two attached hydrogens (primary N) is 1.